The molecule has 1 saturated heterocycles. The van der Waals surface area contributed by atoms with Gasteiger partial charge in [-0.1, -0.05) is 35.0 Å². The van der Waals surface area contributed by atoms with Gasteiger partial charge in [0, 0.05) is 11.1 Å². The van der Waals surface area contributed by atoms with Crippen molar-refractivity contribution in [2.75, 3.05) is 6.61 Å². The van der Waals surface area contributed by atoms with Crippen molar-refractivity contribution < 1.29 is 9.84 Å². The monoisotopic (exact) mass is 312 g/mol. The third-order valence-corrected chi connectivity index (χ3v) is 4.34. The Bertz CT molecular complexity index is 388. The lowest BCUT2D eigenvalue weighted by atomic mass is 9.85. The predicted molar refractivity (Wildman–Crippen MR) is 76.5 cm³/mol. The van der Waals surface area contributed by atoms with Crippen LogP contribution in [0.15, 0.2) is 28.7 Å². The fraction of sp³-hybridized carbons (Fsp3) is 0.600. The Morgan fingerprint density at radius 1 is 1.50 bits per heavy atom. The molecule has 0 saturated carbocycles. The lowest BCUT2D eigenvalue weighted by Gasteiger charge is -2.28. The number of aliphatic hydroxyl groups is 1. The molecule has 0 aliphatic carbocycles. The molecule has 0 bridgehead atoms. The molecule has 100 valence electrons. The summed E-state index contributed by atoms with van der Waals surface area (Å²) < 4.78 is 6.65. The van der Waals surface area contributed by atoms with Crippen LogP contribution in [0.3, 0.4) is 0 Å². The third kappa shape index (κ3) is 3.34. The Balaban J connectivity index is 2.04. The number of hydrogen-bond donors (Lipinski definition) is 1. The van der Waals surface area contributed by atoms with Crippen LogP contribution in [0.2, 0.25) is 0 Å². The molecular formula is C15H21BrO2. The van der Waals surface area contributed by atoms with Crippen molar-refractivity contribution in [1.29, 1.82) is 0 Å². The maximum Gasteiger partial charge on any atom is 0.0895 e. The average molecular weight is 313 g/mol. The minimum Gasteiger partial charge on any atom is -0.385 e. The highest BCUT2D eigenvalue weighted by molar-refractivity contribution is 9.10. The molecule has 3 heteroatoms. The first-order valence-electron chi connectivity index (χ1n) is 6.74. The van der Waals surface area contributed by atoms with Crippen LogP contribution in [0.25, 0.3) is 0 Å². The van der Waals surface area contributed by atoms with Crippen LogP contribution < -0.4 is 0 Å². The number of rotatable bonds is 5. The summed E-state index contributed by atoms with van der Waals surface area (Å²) in [5.41, 5.74) is 0.271. The molecule has 2 rings (SSSR count). The Labute approximate surface area is 117 Å². The minimum absolute atomic E-state index is 0.343. The van der Waals surface area contributed by atoms with Gasteiger partial charge in [0.1, 0.15) is 0 Å². The summed E-state index contributed by atoms with van der Waals surface area (Å²) in [5.74, 6) is 0. The molecule has 1 aromatic rings. The van der Waals surface area contributed by atoms with Gasteiger partial charge in [-0.15, -0.1) is 0 Å². The topological polar surface area (TPSA) is 29.5 Å². The number of hydrogen-bond acceptors (Lipinski definition) is 2. The Hall–Kier alpha value is -0.380. The summed E-state index contributed by atoms with van der Waals surface area (Å²) in [7, 11) is 0. The molecule has 18 heavy (non-hydrogen) atoms. The number of halogens is 1. The zero-order chi connectivity index (χ0) is 13.0. The van der Waals surface area contributed by atoms with Gasteiger partial charge in [0.2, 0.25) is 0 Å². The molecule has 1 heterocycles. The molecule has 1 fully saturated rings. The summed E-state index contributed by atoms with van der Waals surface area (Å²) in [6, 6.07) is 7.98. The highest BCUT2D eigenvalue weighted by Gasteiger charge is 2.29. The smallest absolute Gasteiger partial charge is 0.0895 e. The van der Waals surface area contributed by atoms with Crippen LogP contribution in [0, 0.1) is 0 Å². The minimum atomic E-state index is -0.726. The van der Waals surface area contributed by atoms with E-state index in [0.29, 0.717) is 6.10 Å². The van der Waals surface area contributed by atoms with Gasteiger partial charge < -0.3 is 9.84 Å². The van der Waals surface area contributed by atoms with Crippen LogP contribution in [-0.4, -0.2) is 17.8 Å². The number of ether oxygens (including phenoxy) is 1. The second-order valence-electron chi connectivity index (χ2n) is 5.07. The van der Waals surface area contributed by atoms with Gasteiger partial charge in [-0.2, -0.15) is 0 Å². The normalized spacial score (nSPS) is 22.9. The predicted octanol–water partition coefficient (Wildman–Crippen LogP) is 4.01. The van der Waals surface area contributed by atoms with Crippen molar-refractivity contribution >= 4 is 15.9 Å². The van der Waals surface area contributed by atoms with E-state index < -0.39 is 5.60 Å². The van der Waals surface area contributed by atoms with E-state index >= 15 is 0 Å². The zero-order valence-corrected chi connectivity index (χ0v) is 12.4. The molecule has 0 radical (unpaired) electrons. The second-order valence-corrected chi connectivity index (χ2v) is 5.98. The maximum atomic E-state index is 10.8. The lowest BCUT2D eigenvalue weighted by Crippen LogP contribution is -2.26. The first-order valence-corrected chi connectivity index (χ1v) is 7.53. The summed E-state index contributed by atoms with van der Waals surface area (Å²) in [6.45, 7) is 2.92. The van der Waals surface area contributed by atoms with Crippen LogP contribution in [0.1, 0.15) is 44.6 Å². The Kier molecular flexibility index (Phi) is 4.82. The van der Waals surface area contributed by atoms with Crippen LogP contribution in [0.4, 0.5) is 0 Å². The molecule has 0 spiro atoms. The molecule has 0 aromatic heterocycles. The van der Waals surface area contributed by atoms with E-state index in [-0.39, 0.29) is 0 Å². The second kappa shape index (κ2) is 6.18. The highest BCUT2D eigenvalue weighted by atomic mass is 79.9. The van der Waals surface area contributed by atoms with E-state index in [4.69, 9.17) is 4.74 Å². The molecule has 1 aliphatic heterocycles. The maximum absolute atomic E-state index is 10.8. The molecule has 1 N–H and O–H groups in total. The standard InChI is InChI=1S/C15H21BrO2/c1-2-15(17,9-8-14-7-4-10-18-14)12-5-3-6-13(16)11-12/h3,5-6,11,14,17H,2,4,7-10H2,1H3. The number of benzene rings is 1. The van der Waals surface area contributed by atoms with Crippen molar-refractivity contribution in [3.8, 4) is 0 Å². The third-order valence-electron chi connectivity index (χ3n) is 3.85. The van der Waals surface area contributed by atoms with E-state index in [1.807, 2.05) is 31.2 Å². The molecular weight excluding hydrogens is 292 g/mol. The van der Waals surface area contributed by atoms with Crippen molar-refractivity contribution in [3.05, 3.63) is 34.3 Å². The zero-order valence-electron chi connectivity index (χ0n) is 10.9. The van der Waals surface area contributed by atoms with Gasteiger partial charge in [0.05, 0.1) is 11.7 Å². The van der Waals surface area contributed by atoms with Gasteiger partial charge in [-0.3, -0.25) is 0 Å². The van der Waals surface area contributed by atoms with Crippen molar-refractivity contribution in [2.24, 2.45) is 0 Å². The van der Waals surface area contributed by atoms with E-state index in [0.717, 1.165) is 48.7 Å². The van der Waals surface area contributed by atoms with E-state index in [1.54, 1.807) is 0 Å². The summed E-state index contributed by atoms with van der Waals surface area (Å²) in [6.07, 6.45) is 5.08. The lowest BCUT2D eigenvalue weighted by molar-refractivity contribution is 0.00321. The molecule has 1 aromatic carbocycles. The van der Waals surface area contributed by atoms with Gasteiger partial charge in [-0.25, -0.2) is 0 Å². The highest BCUT2D eigenvalue weighted by Crippen LogP contribution is 2.33. The van der Waals surface area contributed by atoms with Crippen LogP contribution in [0.5, 0.6) is 0 Å². The Morgan fingerprint density at radius 2 is 2.33 bits per heavy atom. The van der Waals surface area contributed by atoms with Gasteiger partial charge >= 0.3 is 0 Å². The fourth-order valence-electron chi connectivity index (χ4n) is 2.57. The van der Waals surface area contributed by atoms with Crippen molar-refractivity contribution in [2.45, 2.75) is 50.7 Å². The van der Waals surface area contributed by atoms with E-state index in [2.05, 4.69) is 15.9 Å². The first-order chi connectivity index (χ1) is 8.64. The summed E-state index contributed by atoms with van der Waals surface area (Å²) in [5, 5.41) is 10.8. The van der Waals surface area contributed by atoms with Crippen molar-refractivity contribution in [1.82, 2.24) is 0 Å². The van der Waals surface area contributed by atoms with Crippen molar-refractivity contribution in [3.63, 3.8) is 0 Å². The van der Waals surface area contributed by atoms with Gasteiger partial charge in [-0.05, 0) is 49.8 Å². The molecule has 0 amide bonds. The summed E-state index contributed by atoms with van der Waals surface area (Å²) in [4.78, 5) is 0. The summed E-state index contributed by atoms with van der Waals surface area (Å²) >= 11 is 3.47. The fourth-order valence-corrected chi connectivity index (χ4v) is 2.97. The average Bonchev–Trinajstić information content (AvgIpc) is 2.89. The van der Waals surface area contributed by atoms with E-state index in [1.165, 1.54) is 0 Å². The quantitative estimate of drug-likeness (QED) is 0.890. The molecule has 2 atom stereocenters. The molecule has 2 unspecified atom stereocenters. The molecule has 2 nitrogen and oxygen atoms in total. The largest absolute Gasteiger partial charge is 0.385 e. The van der Waals surface area contributed by atoms with Gasteiger partial charge in [0.15, 0.2) is 0 Å². The van der Waals surface area contributed by atoms with E-state index in [9.17, 15) is 5.11 Å². The SMILES string of the molecule is CCC(O)(CCC1CCCO1)c1cccc(Br)c1. The first kappa shape index (κ1) is 14.0. The Morgan fingerprint density at radius 3 is 2.94 bits per heavy atom. The van der Waals surface area contributed by atoms with Gasteiger partial charge in [0.25, 0.3) is 0 Å². The van der Waals surface area contributed by atoms with Crippen LogP contribution in [-0.2, 0) is 10.3 Å². The van der Waals surface area contributed by atoms with Crippen LogP contribution >= 0.6 is 15.9 Å². The molecule has 1 aliphatic rings.